The van der Waals surface area contributed by atoms with Crippen LogP contribution in [0.25, 0.3) is 0 Å². The van der Waals surface area contributed by atoms with Crippen LogP contribution in [0.5, 0.6) is 0 Å². The molecule has 8 heteroatoms. The van der Waals surface area contributed by atoms with Crippen molar-refractivity contribution in [3.05, 3.63) is 0 Å². The molecule has 1 heterocycles. The van der Waals surface area contributed by atoms with Gasteiger partial charge in [0.15, 0.2) is 5.96 Å². The summed E-state index contributed by atoms with van der Waals surface area (Å²) in [4.78, 5) is 4.33. The number of hydrogen-bond acceptors (Lipinski definition) is 4. The Morgan fingerprint density at radius 1 is 1.35 bits per heavy atom. The number of guanidine groups is 1. The van der Waals surface area contributed by atoms with Gasteiger partial charge >= 0.3 is 0 Å². The minimum absolute atomic E-state index is 0.00594. The molecule has 1 aliphatic rings. The monoisotopic (exact) mass is 348 g/mol. The lowest BCUT2D eigenvalue weighted by molar-refractivity contribution is 0.0200. The second-order valence-corrected chi connectivity index (χ2v) is 7.80. The average Bonchev–Trinajstić information content (AvgIpc) is 2.54. The summed E-state index contributed by atoms with van der Waals surface area (Å²) < 4.78 is 32.2. The van der Waals surface area contributed by atoms with Crippen molar-refractivity contribution in [3.63, 3.8) is 0 Å². The van der Waals surface area contributed by atoms with E-state index in [0.29, 0.717) is 18.5 Å². The fraction of sp³-hybridized carbons (Fsp3) is 0.933. The number of nitrogens with one attached hydrogen (secondary N) is 3. The normalized spacial score (nSPS) is 21.0. The summed E-state index contributed by atoms with van der Waals surface area (Å²) in [5, 5.41) is 6.36. The van der Waals surface area contributed by atoms with Crippen LogP contribution in [0.2, 0.25) is 0 Å². The summed E-state index contributed by atoms with van der Waals surface area (Å²) in [5.41, 5.74) is 0. The summed E-state index contributed by atoms with van der Waals surface area (Å²) in [6.07, 6.45) is 4.07. The van der Waals surface area contributed by atoms with Gasteiger partial charge in [-0.2, -0.15) is 0 Å². The second kappa shape index (κ2) is 10.8. The van der Waals surface area contributed by atoms with Crippen LogP contribution in [-0.4, -0.2) is 58.5 Å². The third-order valence-corrected chi connectivity index (χ3v) is 5.10. The Hall–Kier alpha value is -0.860. The lowest BCUT2D eigenvalue weighted by Gasteiger charge is -2.22. The van der Waals surface area contributed by atoms with Crippen LogP contribution in [0.1, 0.15) is 46.5 Å². The summed E-state index contributed by atoms with van der Waals surface area (Å²) in [6, 6.07) is 0.297. The highest BCUT2D eigenvalue weighted by Gasteiger charge is 2.17. The molecule has 0 amide bonds. The molecule has 0 aromatic rings. The van der Waals surface area contributed by atoms with E-state index in [1.165, 1.54) is 0 Å². The Labute approximate surface area is 140 Å². The van der Waals surface area contributed by atoms with E-state index in [-0.39, 0.29) is 18.4 Å². The first kappa shape index (κ1) is 20.2. The van der Waals surface area contributed by atoms with E-state index in [1.807, 2.05) is 6.92 Å². The minimum Gasteiger partial charge on any atom is -0.377 e. The molecule has 1 aliphatic heterocycles. The van der Waals surface area contributed by atoms with Gasteiger partial charge < -0.3 is 15.4 Å². The highest BCUT2D eigenvalue weighted by molar-refractivity contribution is 7.89. The molecule has 0 spiro atoms. The Morgan fingerprint density at radius 3 is 2.74 bits per heavy atom. The zero-order valence-electron chi connectivity index (χ0n) is 14.6. The minimum atomic E-state index is -3.32. The van der Waals surface area contributed by atoms with Gasteiger partial charge in [0.25, 0.3) is 0 Å². The quantitative estimate of drug-likeness (QED) is 0.424. The predicted octanol–water partition coefficient (Wildman–Crippen LogP) is 0.829. The molecule has 7 nitrogen and oxygen atoms in total. The molecule has 0 bridgehead atoms. The van der Waals surface area contributed by atoms with Gasteiger partial charge in [0.2, 0.25) is 10.0 Å². The van der Waals surface area contributed by atoms with Gasteiger partial charge in [0, 0.05) is 25.7 Å². The van der Waals surface area contributed by atoms with Gasteiger partial charge in [-0.05, 0) is 39.5 Å². The van der Waals surface area contributed by atoms with E-state index in [1.54, 1.807) is 0 Å². The first-order valence-corrected chi connectivity index (χ1v) is 10.3. The molecule has 2 unspecified atom stereocenters. The molecule has 0 aromatic carbocycles. The van der Waals surface area contributed by atoms with Crippen LogP contribution in [-0.2, 0) is 14.8 Å². The molecule has 1 saturated heterocycles. The Kier molecular flexibility index (Phi) is 9.50. The number of hydrogen-bond donors (Lipinski definition) is 3. The van der Waals surface area contributed by atoms with E-state index in [2.05, 4.69) is 34.2 Å². The van der Waals surface area contributed by atoms with Crippen LogP contribution in [0.3, 0.4) is 0 Å². The van der Waals surface area contributed by atoms with E-state index in [4.69, 9.17) is 4.74 Å². The SMILES string of the molecule is CCNC(=NCCS(=O)(=O)NCC1CCCCO1)NC(C)CC. The number of aliphatic imine (C=N–C) groups is 1. The van der Waals surface area contributed by atoms with Gasteiger partial charge in [-0.15, -0.1) is 0 Å². The van der Waals surface area contributed by atoms with Crippen molar-refractivity contribution < 1.29 is 13.2 Å². The Balaban J connectivity index is 2.38. The molecule has 0 saturated carbocycles. The topological polar surface area (TPSA) is 91.8 Å². The predicted molar refractivity (Wildman–Crippen MR) is 94.2 cm³/mol. The first-order chi connectivity index (χ1) is 11.0. The van der Waals surface area contributed by atoms with Crippen molar-refractivity contribution in [2.24, 2.45) is 4.99 Å². The maximum Gasteiger partial charge on any atom is 0.213 e. The fourth-order valence-corrected chi connectivity index (χ4v) is 3.11. The largest absolute Gasteiger partial charge is 0.377 e. The molecule has 0 aliphatic carbocycles. The zero-order valence-corrected chi connectivity index (χ0v) is 15.4. The van der Waals surface area contributed by atoms with E-state index < -0.39 is 10.0 Å². The Morgan fingerprint density at radius 2 is 2.13 bits per heavy atom. The van der Waals surface area contributed by atoms with Gasteiger partial charge in [-0.1, -0.05) is 6.92 Å². The summed E-state index contributed by atoms with van der Waals surface area (Å²) in [6.45, 7) is 8.19. The highest BCUT2D eigenvalue weighted by Crippen LogP contribution is 2.11. The molecule has 1 fully saturated rings. The van der Waals surface area contributed by atoms with E-state index in [9.17, 15) is 8.42 Å². The molecular weight excluding hydrogens is 316 g/mol. The fourth-order valence-electron chi connectivity index (χ4n) is 2.19. The van der Waals surface area contributed by atoms with Crippen molar-refractivity contribution in [2.45, 2.75) is 58.6 Å². The maximum absolute atomic E-state index is 12.0. The van der Waals surface area contributed by atoms with E-state index >= 15 is 0 Å². The molecule has 1 rings (SSSR count). The second-order valence-electron chi connectivity index (χ2n) is 5.87. The molecule has 2 atom stereocenters. The van der Waals surface area contributed by atoms with Crippen LogP contribution in [0, 0.1) is 0 Å². The lowest BCUT2D eigenvalue weighted by atomic mass is 10.1. The third-order valence-electron chi connectivity index (χ3n) is 3.77. The van der Waals surface area contributed by atoms with Gasteiger partial charge in [0.1, 0.15) is 0 Å². The first-order valence-electron chi connectivity index (χ1n) is 8.60. The average molecular weight is 349 g/mol. The smallest absolute Gasteiger partial charge is 0.213 e. The van der Waals surface area contributed by atoms with Crippen LogP contribution in [0.4, 0.5) is 0 Å². The zero-order chi connectivity index (χ0) is 17.1. The summed E-state index contributed by atoms with van der Waals surface area (Å²) >= 11 is 0. The van der Waals surface area contributed by atoms with Crippen molar-refractivity contribution in [1.82, 2.24) is 15.4 Å². The van der Waals surface area contributed by atoms with Crippen LogP contribution < -0.4 is 15.4 Å². The van der Waals surface area contributed by atoms with E-state index in [0.717, 1.165) is 38.8 Å². The maximum atomic E-state index is 12.0. The molecule has 23 heavy (non-hydrogen) atoms. The lowest BCUT2D eigenvalue weighted by Crippen LogP contribution is -2.42. The van der Waals surface area contributed by atoms with Crippen molar-refractivity contribution in [2.75, 3.05) is 32.0 Å². The van der Waals surface area contributed by atoms with Crippen molar-refractivity contribution >= 4 is 16.0 Å². The number of ether oxygens (including phenoxy) is 1. The highest BCUT2D eigenvalue weighted by atomic mass is 32.2. The van der Waals surface area contributed by atoms with Crippen LogP contribution >= 0.6 is 0 Å². The third kappa shape index (κ3) is 9.12. The molecule has 0 radical (unpaired) electrons. The molecule has 3 N–H and O–H groups in total. The Bertz CT molecular complexity index is 448. The van der Waals surface area contributed by atoms with Crippen molar-refractivity contribution in [1.29, 1.82) is 0 Å². The molecule has 136 valence electrons. The molecule has 0 aromatic heterocycles. The number of rotatable bonds is 9. The van der Waals surface area contributed by atoms with Gasteiger partial charge in [0.05, 0.1) is 18.4 Å². The van der Waals surface area contributed by atoms with Crippen LogP contribution in [0.15, 0.2) is 4.99 Å². The number of nitrogens with zero attached hydrogens (tertiary/aromatic N) is 1. The number of sulfonamides is 1. The van der Waals surface area contributed by atoms with Gasteiger partial charge in [-0.3, -0.25) is 4.99 Å². The standard InChI is InChI=1S/C15H32N4O3S/c1-4-13(3)19-15(16-5-2)17-9-11-23(20,21)18-12-14-8-6-7-10-22-14/h13-14,18H,4-12H2,1-3H3,(H2,16,17,19). The summed E-state index contributed by atoms with van der Waals surface area (Å²) in [7, 11) is -3.32. The van der Waals surface area contributed by atoms with Gasteiger partial charge in [-0.25, -0.2) is 13.1 Å². The van der Waals surface area contributed by atoms with Crippen molar-refractivity contribution in [3.8, 4) is 0 Å². The molecular formula is C15H32N4O3S. The summed E-state index contributed by atoms with van der Waals surface area (Å²) in [5.74, 6) is 0.643.